The van der Waals surface area contributed by atoms with Crippen molar-refractivity contribution in [2.24, 2.45) is 0 Å². The Hall–Kier alpha value is -1.13. The molecule has 0 aliphatic heterocycles. The van der Waals surface area contributed by atoms with Gasteiger partial charge < -0.3 is 15.8 Å². The molecule has 0 saturated heterocycles. The number of nitrogens with one attached hydrogen (secondary N) is 1. The Balaban J connectivity index is 2.74. The first-order chi connectivity index (χ1) is 7.29. The predicted molar refractivity (Wildman–Crippen MR) is 61.6 cm³/mol. The minimum absolute atomic E-state index is 0.128. The number of anilines is 1. The van der Waals surface area contributed by atoms with Crippen molar-refractivity contribution in [2.45, 2.75) is 19.9 Å². The van der Waals surface area contributed by atoms with Crippen LogP contribution in [0.3, 0.4) is 0 Å². The first-order valence-corrected chi connectivity index (χ1v) is 5.30. The van der Waals surface area contributed by atoms with Crippen molar-refractivity contribution in [3.05, 3.63) is 24.0 Å². The number of likely N-dealkylation sites (N-methyl/N-ethyl adjacent to an activating group) is 1. The van der Waals surface area contributed by atoms with E-state index in [2.05, 4.69) is 17.2 Å². The van der Waals surface area contributed by atoms with Gasteiger partial charge in [-0.15, -0.1) is 0 Å². The molecule has 1 aromatic rings. The number of nitrogen functional groups attached to an aromatic ring is 1. The van der Waals surface area contributed by atoms with Crippen molar-refractivity contribution in [1.82, 2.24) is 10.3 Å². The zero-order valence-corrected chi connectivity index (χ0v) is 9.36. The van der Waals surface area contributed by atoms with Crippen LogP contribution in [0.4, 0.5) is 5.69 Å². The van der Waals surface area contributed by atoms with Gasteiger partial charge in [0.25, 0.3) is 0 Å². The van der Waals surface area contributed by atoms with Crippen molar-refractivity contribution in [3.8, 4) is 0 Å². The van der Waals surface area contributed by atoms with E-state index in [1.807, 2.05) is 13.0 Å². The molecule has 1 atom stereocenters. The van der Waals surface area contributed by atoms with Gasteiger partial charge in [0.05, 0.1) is 12.6 Å². The van der Waals surface area contributed by atoms with Crippen molar-refractivity contribution in [1.29, 1.82) is 0 Å². The third-order valence-electron chi connectivity index (χ3n) is 2.20. The maximum Gasteiger partial charge on any atom is 0.0662 e. The molecule has 15 heavy (non-hydrogen) atoms. The van der Waals surface area contributed by atoms with Crippen molar-refractivity contribution in [3.63, 3.8) is 0 Å². The number of pyridine rings is 1. The summed E-state index contributed by atoms with van der Waals surface area (Å²) < 4.78 is 5.41. The molecule has 0 aliphatic rings. The zero-order chi connectivity index (χ0) is 11.1. The summed E-state index contributed by atoms with van der Waals surface area (Å²) in [5.74, 6) is 0. The first kappa shape index (κ1) is 11.9. The van der Waals surface area contributed by atoms with Crippen LogP contribution in [-0.4, -0.2) is 24.7 Å². The lowest BCUT2D eigenvalue weighted by molar-refractivity contribution is 0.123. The van der Waals surface area contributed by atoms with Crippen LogP contribution in [0.2, 0.25) is 0 Å². The molecule has 1 rings (SSSR count). The van der Waals surface area contributed by atoms with Gasteiger partial charge in [-0.25, -0.2) is 0 Å². The number of nitrogens with two attached hydrogens (primary N) is 1. The summed E-state index contributed by atoms with van der Waals surface area (Å²) in [6.07, 6.45) is 3.49. The SMILES string of the molecule is CCNC(COCC)c1cnccc1N. The van der Waals surface area contributed by atoms with Gasteiger partial charge in [0.15, 0.2) is 0 Å². The Morgan fingerprint density at radius 3 is 2.93 bits per heavy atom. The molecule has 0 amide bonds. The van der Waals surface area contributed by atoms with Crippen LogP contribution < -0.4 is 11.1 Å². The summed E-state index contributed by atoms with van der Waals surface area (Å²) in [6, 6.07) is 1.94. The zero-order valence-electron chi connectivity index (χ0n) is 9.36. The second kappa shape index (κ2) is 6.37. The van der Waals surface area contributed by atoms with Crippen LogP contribution in [0.1, 0.15) is 25.5 Å². The summed E-state index contributed by atoms with van der Waals surface area (Å²) in [7, 11) is 0. The van der Waals surface area contributed by atoms with E-state index in [1.54, 1.807) is 12.4 Å². The number of ether oxygens (including phenoxy) is 1. The van der Waals surface area contributed by atoms with Crippen molar-refractivity contribution < 1.29 is 4.74 Å². The Bertz CT molecular complexity index is 291. The summed E-state index contributed by atoms with van der Waals surface area (Å²) in [6.45, 7) is 6.26. The maximum absolute atomic E-state index is 5.89. The molecular weight excluding hydrogens is 190 g/mol. The molecule has 1 aromatic heterocycles. The minimum atomic E-state index is 0.128. The number of rotatable bonds is 6. The Morgan fingerprint density at radius 2 is 2.33 bits per heavy atom. The number of hydrogen-bond donors (Lipinski definition) is 2. The van der Waals surface area contributed by atoms with Crippen LogP contribution in [0.15, 0.2) is 18.5 Å². The van der Waals surface area contributed by atoms with E-state index >= 15 is 0 Å². The second-order valence-electron chi connectivity index (χ2n) is 3.27. The lowest BCUT2D eigenvalue weighted by atomic mass is 10.1. The molecule has 1 heterocycles. The van der Waals surface area contributed by atoms with Gasteiger partial charge >= 0.3 is 0 Å². The molecule has 4 nitrogen and oxygen atoms in total. The second-order valence-corrected chi connectivity index (χ2v) is 3.27. The van der Waals surface area contributed by atoms with E-state index in [4.69, 9.17) is 10.5 Å². The van der Waals surface area contributed by atoms with E-state index in [0.717, 1.165) is 17.8 Å². The lowest BCUT2D eigenvalue weighted by Crippen LogP contribution is -2.26. The Labute approximate surface area is 90.8 Å². The molecule has 0 aromatic carbocycles. The minimum Gasteiger partial charge on any atom is -0.398 e. The fraction of sp³-hybridized carbons (Fsp3) is 0.545. The highest BCUT2D eigenvalue weighted by Gasteiger charge is 2.12. The normalized spacial score (nSPS) is 12.7. The highest BCUT2D eigenvalue weighted by molar-refractivity contribution is 5.46. The third-order valence-corrected chi connectivity index (χ3v) is 2.20. The van der Waals surface area contributed by atoms with Crippen molar-refractivity contribution >= 4 is 5.69 Å². The molecule has 0 spiro atoms. The summed E-state index contributed by atoms with van der Waals surface area (Å²) >= 11 is 0. The van der Waals surface area contributed by atoms with Gasteiger partial charge in [-0.3, -0.25) is 4.98 Å². The quantitative estimate of drug-likeness (QED) is 0.742. The summed E-state index contributed by atoms with van der Waals surface area (Å²) in [5.41, 5.74) is 7.65. The largest absolute Gasteiger partial charge is 0.398 e. The smallest absolute Gasteiger partial charge is 0.0662 e. The van der Waals surface area contributed by atoms with Crippen LogP contribution in [0.25, 0.3) is 0 Å². The highest BCUT2D eigenvalue weighted by Crippen LogP contribution is 2.18. The van der Waals surface area contributed by atoms with E-state index in [9.17, 15) is 0 Å². The highest BCUT2D eigenvalue weighted by atomic mass is 16.5. The van der Waals surface area contributed by atoms with Gasteiger partial charge in [0, 0.05) is 30.3 Å². The van der Waals surface area contributed by atoms with Crippen LogP contribution in [0, 0.1) is 0 Å². The molecule has 3 N–H and O–H groups in total. The molecule has 0 saturated carbocycles. The average molecular weight is 209 g/mol. The standard InChI is InChI=1S/C11H19N3O/c1-3-14-11(8-15-4-2)9-7-13-6-5-10(9)12/h5-7,11,14H,3-4,8H2,1-2H3,(H2,12,13). The van der Waals surface area contributed by atoms with Crippen LogP contribution in [0.5, 0.6) is 0 Å². The van der Waals surface area contributed by atoms with E-state index < -0.39 is 0 Å². The third kappa shape index (κ3) is 3.49. The average Bonchev–Trinajstić information content (AvgIpc) is 2.25. The van der Waals surface area contributed by atoms with Gasteiger partial charge in [-0.1, -0.05) is 6.92 Å². The number of nitrogens with zero attached hydrogens (tertiary/aromatic N) is 1. The molecule has 0 aliphatic carbocycles. The summed E-state index contributed by atoms with van der Waals surface area (Å²) in [5, 5.41) is 3.33. The lowest BCUT2D eigenvalue weighted by Gasteiger charge is -2.19. The topological polar surface area (TPSA) is 60.2 Å². The van der Waals surface area contributed by atoms with E-state index in [0.29, 0.717) is 13.2 Å². The van der Waals surface area contributed by atoms with Gasteiger partial charge in [-0.2, -0.15) is 0 Å². The molecule has 1 unspecified atom stereocenters. The monoisotopic (exact) mass is 209 g/mol. The fourth-order valence-electron chi connectivity index (χ4n) is 1.45. The van der Waals surface area contributed by atoms with Crippen LogP contribution >= 0.6 is 0 Å². The molecule has 0 fully saturated rings. The van der Waals surface area contributed by atoms with E-state index in [-0.39, 0.29) is 6.04 Å². The number of aromatic nitrogens is 1. The molecule has 84 valence electrons. The number of hydrogen-bond acceptors (Lipinski definition) is 4. The first-order valence-electron chi connectivity index (χ1n) is 5.30. The van der Waals surface area contributed by atoms with Gasteiger partial charge in [0.2, 0.25) is 0 Å². The fourth-order valence-corrected chi connectivity index (χ4v) is 1.45. The molecule has 0 bridgehead atoms. The maximum atomic E-state index is 5.89. The van der Waals surface area contributed by atoms with E-state index in [1.165, 1.54) is 0 Å². The Morgan fingerprint density at radius 1 is 1.53 bits per heavy atom. The molecule has 0 radical (unpaired) electrons. The van der Waals surface area contributed by atoms with Crippen molar-refractivity contribution in [2.75, 3.05) is 25.5 Å². The Kier molecular flexibility index (Phi) is 5.07. The van der Waals surface area contributed by atoms with Gasteiger partial charge in [-0.05, 0) is 19.5 Å². The summed E-state index contributed by atoms with van der Waals surface area (Å²) in [4.78, 5) is 4.08. The van der Waals surface area contributed by atoms with Gasteiger partial charge in [0.1, 0.15) is 0 Å². The molecule has 4 heteroatoms. The molecular formula is C11H19N3O. The predicted octanol–water partition coefficient (Wildman–Crippen LogP) is 1.35. The van der Waals surface area contributed by atoms with Crippen LogP contribution in [-0.2, 0) is 4.74 Å².